The van der Waals surface area contributed by atoms with E-state index in [1.165, 1.54) is 11.6 Å². The summed E-state index contributed by atoms with van der Waals surface area (Å²) in [5.74, 6) is 0.337. The summed E-state index contributed by atoms with van der Waals surface area (Å²) < 4.78 is 39.9. The van der Waals surface area contributed by atoms with Crippen molar-refractivity contribution in [2.24, 2.45) is 5.92 Å². The Morgan fingerprint density at radius 3 is 2.31 bits per heavy atom. The predicted molar refractivity (Wildman–Crippen MR) is 127 cm³/mol. The van der Waals surface area contributed by atoms with E-state index in [0.717, 1.165) is 43.0 Å². The van der Waals surface area contributed by atoms with Crippen LogP contribution < -0.4 is 0 Å². The Balaban J connectivity index is 1.30. The third-order valence-electron chi connectivity index (χ3n) is 6.84. The van der Waals surface area contributed by atoms with E-state index < -0.39 is 17.7 Å². The number of aromatic amines is 1. The van der Waals surface area contributed by atoms with Crippen LogP contribution in [0.15, 0.2) is 60.8 Å². The van der Waals surface area contributed by atoms with Crippen molar-refractivity contribution in [3.8, 4) is 22.6 Å². The Bertz CT molecular complexity index is 1340. The summed E-state index contributed by atoms with van der Waals surface area (Å²) >= 11 is 0. The van der Waals surface area contributed by atoms with Gasteiger partial charge in [0, 0.05) is 23.7 Å². The normalized spacial score (nSPS) is 18.6. The van der Waals surface area contributed by atoms with Crippen molar-refractivity contribution in [2.75, 3.05) is 0 Å². The average Bonchev–Trinajstić information content (AvgIpc) is 3.28. The molecule has 35 heavy (non-hydrogen) atoms. The van der Waals surface area contributed by atoms with Gasteiger partial charge in [-0.05, 0) is 67.3 Å². The fourth-order valence-electron chi connectivity index (χ4n) is 4.98. The standard InChI is InChI=1S/C27H24F3N3O2/c28-27(29,30)21-2-1-3-23-25(21)33-26(32-23)20-12-13-22(31-15-20)19-10-8-18(9-11-19)17-6-4-16(5-7-17)14-24(34)35/h1-3,8-13,15-17H,4-7,14H2,(H,32,33)(H,34,35). The Morgan fingerprint density at radius 1 is 0.971 bits per heavy atom. The van der Waals surface area contributed by atoms with Crippen LogP contribution in [0.25, 0.3) is 33.7 Å². The van der Waals surface area contributed by atoms with Crippen molar-refractivity contribution in [1.82, 2.24) is 15.0 Å². The number of hydrogen-bond acceptors (Lipinski definition) is 3. The fourth-order valence-corrected chi connectivity index (χ4v) is 4.98. The van der Waals surface area contributed by atoms with E-state index in [-0.39, 0.29) is 17.9 Å². The van der Waals surface area contributed by atoms with Gasteiger partial charge in [0.05, 0.1) is 16.8 Å². The highest BCUT2D eigenvalue weighted by atomic mass is 19.4. The topological polar surface area (TPSA) is 78.9 Å². The van der Waals surface area contributed by atoms with Crippen LogP contribution in [-0.4, -0.2) is 26.0 Å². The van der Waals surface area contributed by atoms with E-state index in [0.29, 0.717) is 22.8 Å². The molecule has 0 radical (unpaired) electrons. The molecule has 2 heterocycles. The zero-order valence-electron chi connectivity index (χ0n) is 18.8. The van der Waals surface area contributed by atoms with Crippen LogP contribution in [0, 0.1) is 5.92 Å². The SMILES string of the molecule is O=C(O)CC1CCC(c2ccc(-c3ccc(-c4nc5c(C(F)(F)F)cccc5[nH]4)cn3)cc2)CC1. The van der Waals surface area contributed by atoms with E-state index in [4.69, 9.17) is 5.11 Å². The number of aromatic nitrogens is 3. The zero-order valence-corrected chi connectivity index (χ0v) is 18.8. The summed E-state index contributed by atoms with van der Waals surface area (Å²) in [6, 6.07) is 15.8. The lowest BCUT2D eigenvalue weighted by Gasteiger charge is -2.28. The smallest absolute Gasteiger partial charge is 0.418 e. The lowest BCUT2D eigenvalue weighted by atomic mass is 9.77. The van der Waals surface area contributed by atoms with Gasteiger partial charge in [-0.15, -0.1) is 0 Å². The molecule has 8 heteroatoms. The highest BCUT2D eigenvalue weighted by Gasteiger charge is 2.33. The Kier molecular flexibility index (Phi) is 6.05. The molecule has 1 fully saturated rings. The van der Waals surface area contributed by atoms with Crippen LogP contribution >= 0.6 is 0 Å². The minimum atomic E-state index is -4.47. The number of pyridine rings is 1. The van der Waals surface area contributed by atoms with Crippen LogP contribution in [0.3, 0.4) is 0 Å². The number of carboxylic acid groups (broad SMARTS) is 1. The van der Waals surface area contributed by atoms with Crippen LogP contribution in [0.5, 0.6) is 0 Å². The highest BCUT2D eigenvalue weighted by molar-refractivity contribution is 5.83. The maximum atomic E-state index is 13.3. The molecule has 0 spiro atoms. The predicted octanol–water partition coefficient (Wildman–Crippen LogP) is 7.06. The summed E-state index contributed by atoms with van der Waals surface area (Å²) in [5.41, 5.74) is 3.02. The number of imidazole rings is 1. The Morgan fingerprint density at radius 2 is 1.69 bits per heavy atom. The zero-order chi connectivity index (χ0) is 24.6. The number of aliphatic carboxylic acids is 1. The van der Waals surface area contributed by atoms with E-state index in [1.54, 1.807) is 18.3 Å². The van der Waals surface area contributed by atoms with Gasteiger partial charge in [-0.3, -0.25) is 9.78 Å². The second-order valence-electron chi connectivity index (χ2n) is 9.15. The molecular formula is C27H24F3N3O2. The molecule has 0 aliphatic heterocycles. The highest BCUT2D eigenvalue weighted by Crippen LogP contribution is 2.38. The van der Waals surface area contributed by atoms with Crippen molar-refractivity contribution in [2.45, 2.75) is 44.2 Å². The summed E-state index contributed by atoms with van der Waals surface area (Å²) in [5, 5.41) is 8.99. The molecule has 4 aromatic rings. The molecule has 180 valence electrons. The number of nitrogens with zero attached hydrogens (tertiary/aromatic N) is 2. The van der Waals surface area contributed by atoms with Gasteiger partial charge >= 0.3 is 12.1 Å². The van der Waals surface area contributed by atoms with Crippen LogP contribution in [0.1, 0.15) is 49.1 Å². The molecule has 2 aromatic carbocycles. The van der Waals surface area contributed by atoms with Crippen LogP contribution in [-0.2, 0) is 11.0 Å². The van der Waals surface area contributed by atoms with E-state index in [9.17, 15) is 18.0 Å². The third kappa shape index (κ3) is 4.92. The maximum absolute atomic E-state index is 13.3. The molecule has 0 amide bonds. The first-order chi connectivity index (χ1) is 16.8. The van der Waals surface area contributed by atoms with Crippen molar-refractivity contribution < 1.29 is 23.1 Å². The molecule has 0 bridgehead atoms. The van der Waals surface area contributed by atoms with Gasteiger partial charge in [0.2, 0.25) is 0 Å². The minimum absolute atomic E-state index is 0.105. The molecular weight excluding hydrogens is 455 g/mol. The first-order valence-corrected chi connectivity index (χ1v) is 11.6. The van der Waals surface area contributed by atoms with E-state index in [1.807, 2.05) is 18.2 Å². The van der Waals surface area contributed by atoms with Gasteiger partial charge in [-0.25, -0.2) is 4.98 Å². The van der Waals surface area contributed by atoms with E-state index >= 15 is 0 Å². The number of carbonyl (C=O) groups is 1. The van der Waals surface area contributed by atoms with Crippen molar-refractivity contribution in [3.05, 3.63) is 71.9 Å². The van der Waals surface area contributed by atoms with Gasteiger partial charge in [-0.1, -0.05) is 30.3 Å². The number of nitrogens with one attached hydrogen (secondary N) is 1. The number of H-pyrrole nitrogens is 1. The monoisotopic (exact) mass is 479 g/mol. The molecule has 2 N–H and O–H groups in total. The molecule has 1 aliphatic rings. The number of hydrogen-bond donors (Lipinski definition) is 2. The summed E-state index contributed by atoms with van der Waals surface area (Å²) in [6.07, 6.45) is 1.26. The van der Waals surface area contributed by atoms with Gasteiger partial charge in [0.15, 0.2) is 0 Å². The number of carboxylic acids is 1. The first-order valence-electron chi connectivity index (χ1n) is 11.6. The number of para-hydroxylation sites is 1. The Labute approximate surface area is 200 Å². The van der Waals surface area contributed by atoms with Gasteiger partial charge < -0.3 is 10.1 Å². The number of fused-ring (bicyclic) bond motifs is 1. The molecule has 0 unspecified atom stereocenters. The van der Waals surface area contributed by atoms with Gasteiger partial charge in [-0.2, -0.15) is 13.2 Å². The molecule has 1 aliphatic carbocycles. The molecule has 5 rings (SSSR count). The molecule has 0 saturated heterocycles. The quantitative estimate of drug-likeness (QED) is 0.321. The van der Waals surface area contributed by atoms with Crippen LogP contribution in [0.2, 0.25) is 0 Å². The fraction of sp³-hybridized carbons (Fsp3) is 0.296. The van der Waals surface area contributed by atoms with Crippen molar-refractivity contribution >= 4 is 17.0 Å². The second-order valence-corrected chi connectivity index (χ2v) is 9.15. The van der Waals surface area contributed by atoms with Crippen molar-refractivity contribution in [1.29, 1.82) is 0 Å². The van der Waals surface area contributed by atoms with Gasteiger partial charge in [0.1, 0.15) is 11.3 Å². The van der Waals surface area contributed by atoms with Crippen LogP contribution in [0.4, 0.5) is 13.2 Å². The number of rotatable bonds is 5. The second kappa shape index (κ2) is 9.17. The first kappa shape index (κ1) is 23.1. The largest absolute Gasteiger partial charge is 0.481 e. The minimum Gasteiger partial charge on any atom is -0.481 e. The van der Waals surface area contributed by atoms with Crippen molar-refractivity contribution in [3.63, 3.8) is 0 Å². The summed E-state index contributed by atoms with van der Waals surface area (Å²) in [4.78, 5) is 22.6. The molecule has 1 saturated carbocycles. The number of alkyl halides is 3. The third-order valence-corrected chi connectivity index (χ3v) is 6.84. The summed E-state index contributed by atoms with van der Waals surface area (Å²) in [6.45, 7) is 0. The average molecular weight is 480 g/mol. The van der Waals surface area contributed by atoms with E-state index in [2.05, 4.69) is 27.1 Å². The van der Waals surface area contributed by atoms with Gasteiger partial charge in [0.25, 0.3) is 0 Å². The number of benzene rings is 2. The Hall–Kier alpha value is -3.68. The molecule has 5 nitrogen and oxygen atoms in total. The maximum Gasteiger partial charge on any atom is 0.418 e. The lowest BCUT2D eigenvalue weighted by Crippen LogP contribution is -2.16. The summed E-state index contributed by atoms with van der Waals surface area (Å²) in [7, 11) is 0. The molecule has 0 atom stereocenters. The lowest BCUT2D eigenvalue weighted by molar-refractivity contribution is -0.138. The molecule has 2 aromatic heterocycles. The number of halogens is 3.